The van der Waals surface area contributed by atoms with Crippen molar-refractivity contribution >= 4 is 27.6 Å². The molecule has 1 aromatic heterocycles. The first-order chi connectivity index (χ1) is 20.8. The highest BCUT2D eigenvalue weighted by Gasteiger charge is 2.48. The van der Waals surface area contributed by atoms with E-state index >= 15 is 0 Å². The summed E-state index contributed by atoms with van der Waals surface area (Å²) in [6.45, 7) is -0.706. The van der Waals surface area contributed by atoms with Crippen LogP contribution in [0.5, 0.6) is 5.75 Å². The van der Waals surface area contributed by atoms with Crippen molar-refractivity contribution in [2.24, 2.45) is 0 Å². The summed E-state index contributed by atoms with van der Waals surface area (Å²) in [5.74, 6) is -15.4. The lowest BCUT2D eigenvalue weighted by atomic mass is 9.86. The SMILES string of the molecule is O=C(O)c1ccc(N(Cc2ccc(C3CCCCC3)nc2)C(=O)[C@H]2CCN2S(=O)(=O)c2c(F)c(F)c(F)c(F)c2F)cc1O. The van der Waals surface area contributed by atoms with Crippen LogP contribution >= 0.6 is 0 Å². The van der Waals surface area contributed by atoms with Gasteiger partial charge in [0.25, 0.3) is 0 Å². The molecular formula is C29H26F5N3O6S. The highest BCUT2D eigenvalue weighted by Crippen LogP contribution is 2.36. The molecule has 15 heteroatoms. The second kappa shape index (κ2) is 12.1. The molecular weight excluding hydrogens is 613 g/mol. The number of amides is 1. The zero-order chi connectivity index (χ0) is 31.9. The molecule has 1 saturated heterocycles. The van der Waals surface area contributed by atoms with Crippen LogP contribution in [0.3, 0.4) is 0 Å². The zero-order valence-electron chi connectivity index (χ0n) is 22.9. The van der Waals surface area contributed by atoms with E-state index in [2.05, 4.69) is 4.98 Å². The lowest BCUT2D eigenvalue weighted by Crippen LogP contribution is -2.59. The molecule has 0 radical (unpaired) electrons. The van der Waals surface area contributed by atoms with Crippen LogP contribution in [0, 0.1) is 29.1 Å². The van der Waals surface area contributed by atoms with Gasteiger partial charge < -0.3 is 15.1 Å². The summed E-state index contributed by atoms with van der Waals surface area (Å²) in [5.41, 5.74) is 0.829. The zero-order valence-corrected chi connectivity index (χ0v) is 23.8. The number of rotatable bonds is 8. The van der Waals surface area contributed by atoms with Crippen molar-refractivity contribution < 1.29 is 50.2 Å². The summed E-state index contributed by atoms with van der Waals surface area (Å²) in [6, 6.07) is 5.11. The quantitative estimate of drug-likeness (QED) is 0.196. The molecule has 1 saturated carbocycles. The first-order valence-corrected chi connectivity index (χ1v) is 15.1. The molecule has 2 aromatic carbocycles. The summed E-state index contributed by atoms with van der Waals surface area (Å²) in [4.78, 5) is 28.7. The number of sulfonamides is 1. The fraction of sp³-hybridized carbons (Fsp3) is 0.345. The van der Waals surface area contributed by atoms with E-state index in [1.54, 1.807) is 6.07 Å². The Labute approximate surface area is 248 Å². The Morgan fingerprint density at radius 2 is 1.55 bits per heavy atom. The predicted molar refractivity (Wildman–Crippen MR) is 145 cm³/mol. The Hall–Kier alpha value is -4.11. The molecule has 2 N–H and O–H groups in total. The molecule has 2 heterocycles. The minimum atomic E-state index is -5.40. The van der Waals surface area contributed by atoms with Crippen LogP contribution in [0.4, 0.5) is 27.6 Å². The van der Waals surface area contributed by atoms with Crippen LogP contribution in [0.15, 0.2) is 41.4 Å². The molecule has 2 fully saturated rings. The van der Waals surface area contributed by atoms with Crippen LogP contribution in [-0.2, 0) is 21.4 Å². The van der Waals surface area contributed by atoms with Gasteiger partial charge in [-0.25, -0.2) is 35.2 Å². The number of anilines is 1. The lowest BCUT2D eigenvalue weighted by molar-refractivity contribution is -0.125. The maximum Gasteiger partial charge on any atom is 0.339 e. The standard InChI is InChI=1S/C29H26F5N3O6S/c30-22-23(31)25(33)27(26(34)24(22)32)44(42,43)37-11-10-20(37)28(39)36(17-7-8-18(29(40)41)21(38)12-17)14-15-6-9-19(35-13-15)16-4-2-1-3-5-16/h6-9,12-13,16,20,38H,1-5,10-11,14H2,(H,40,41)/t20-/m1/s1. The van der Waals surface area contributed by atoms with E-state index in [1.807, 2.05) is 6.07 Å². The number of hydrogen-bond donors (Lipinski definition) is 2. The third kappa shape index (κ3) is 5.61. The fourth-order valence-corrected chi connectivity index (χ4v) is 7.27. The van der Waals surface area contributed by atoms with Crippen molar-refractivity contribution in [1.82, 2.24) is 9.29 Å². The lowest BCUT2D eigenvalue weighted by Gasteiger charge is -2.41. The predicted octanol–water partition coefficient (Wildman–Crippen LogP) is 5.23. The van der Waals surface area contributed by atoms with Crippen molar-refractivity contribution in [3.8, 4) is 5.75 Å². The molecule has 1 aliphatic carbocycles. The summed E-state index contributed by atoms with van der Waals surface area (Å²) < 4.78 is 96.9. The van der Waals surface area contributed by atoms with Gasteiger partial charge in [-0.05, 0) is 43.0 Å². The number of aromatic nitrogens is 1. The van der Waals surface area contributed by atoms with Gasteiger partial charge in [0.2, 0.25) is 21.7 Å². The van der Waals surface area contributed by atoms with E-state index in [-0.39, 0.29) is 24.6 Å². The van der Waals surface area contributed by atoms with Gasteiger partial charge in [0.1, 0.15) is 17.4 Å². The Morgan fingerprint density at radius 3 is 2.07 bits per heavy atom. The normalized spacial score (nSPS) is 17.7. The van der Waals surface area contributed by atoms with E-state index in [4.69, 9.17) is 0 Å². The van der Waals surface area contributed by atoms with E-state index < -0.39 is 79.8 Å². The molecule has 234 valence electrons. The van der Waals surface area contributed by atoms with Crippen molar-refractivity contribution in [1.29, 1.82) is 0 Å². The smallest absolute Gasteiger partial charge is 0.339 e. The number of phenols is 1. The number of hydrogen-bond acceptors (Lipinski definition) is 6. The number of halogens is 5. The average molecular weight is 640 g/mol. The van der Waals surface area contributed by atoms with Crippen molar-refractivity contribution in [3.05, 3.63) is 82.4 Å². The minimum Gasteiger partial charge on any atom is -0.507 e. The van der Waals surface area contributed by atoms with E-state index in [0.717, 1.165) is 54.8 Å². The van der Waals surface area contributed by atoms with Crippen LogP contribution in [0.1, 0.15) is 66.1 Å². The number of carbonyl (C=O) groups excluding carboxylic acids is 1. The number of nitrogens with zero attached hydrogens (tertiary/aromatic N) is 3. The molecule has 0 unspecified atom stereocenters. The number of aromatic carboxylic acids is 1. The molecule has 0 spiro atoms. The van der Waals surface area contributed by atoms with Crippen molar-refractivity contribution in [2.45, 2.75) is 61.9 Å². The number of pyridine rings is 1. The third-order valence-corrected chi connectivity index (χ3v) is 9.92. The molecule has 3 aromatic rings. The Morgan fingerprint density at radius 1 is 0.909 bits per heavy atom. The largest absolute Gasteiger partial charge is 0.507 e. The van der Waals surface area contributed by atoms with E-state index in [1.165, 1.54) is 12.3 Å². The number of benzene rings is 2. The molecule has 1 amide bonds. The Balaban J connectivity index is 1.49. The number of aromatic hydroxyl groups is 1. The molecule has 5 rings (SSSR count). The summed E-state index contributed by atoms with van der Waals surface area (Å²) >= 11 is 0. The van der Waals surface area contributed by atoms with Gasteiger partial charge >= 0.3 is 5.97 Å². The Bertz CT molecular complexity index is 1700. The Kier molecular flexibility index (Phi) is 8.62. The summed E-state index contributed by atoms with van der Waals surface area (Å²) in [7, 11) is -5.40. The number of carboxylic acids is 1. The molecule has 2 aliphatic rings. The molecule has 9 nitrogen and oxygen atoms in total. The maximum absolute atomic E-state index is 14.5. The number of carbonyl (C=O) groups is 2. The van der Waals surface area contributed by atoms with Gasteiger partial charge in [0, 0.05) is 36.1 Å². The van der Waals surface area contributed by atoms with Crippen molar-refractivity contribution in [2.75, 3.05) is 11.4 Å². The van der Waals surface area contributed by atoms with Crippen LogP contribution < -0.4 is 4.90 Å². The highest BCUT2D eigenvalue weighted by molar-refractivity contribution is 7.89. The summed E-state index contributed by atoms with van der Waals surface area (Å²) in [5, 5.41) is 19.6. The second-order valence-electron chi connectivity index (χ2n) is 10.7. The maximum atomic E-state index is 14.5. The van der Waals surface area contributed by atoms with Gasteiger partial charge in [-0.3, -0.25) is 9.78 Å². The number of carboxylic acid groups (broad SMARTS) is 1. The average Bonchev–Trinajstić information content (AvgIpc) is 2.97. The van der Waals surface area contributed by atoms with Crippen LogP contribution in [0.2, 0.25) is 0 Å². The highest BCUT2D eigenvalue weighted by atomic mass is 32.2. The van der Waals surface area contributed by atoms with Crippen molar-refractivity contribution in [3.63, 3.8) is 0 Å². The minimum absolute atomic E-state index is 0.0469. The third-order valence-electron chi connectivity index (χ3n) is 7.99. The van der Waals surface area contributed by atoms with Crippen LogP contribution in [-0.4, -0.2) is 52.4 Å². The van der Waals surface area contributed by atoms with Gasteiger partial charge in [-0.1, -0.05) is 25.3 Å². The van der Waals surface area contributed by atoms with E-state index in [0.29, 0.717) is 9.87 Å². The summed E-state index contributed by atoms with van der Waals surface area (Å²) in [6.07, 6.45) is 6.65. The van der Waals surface area contributed by atoms with Gasteiger partial charge in [-0.15, -0.1) is 0 Å². The molecule has 0 bridgehead atoms. The molecule has 1 atom stereocenters. The second-order valence-corrected chi connectivity index (χ2v) is 12.5. The van der Waals surface area contributed by atoms with Gasteiger partial charge in [0.15, 0.2) is 28.2 Å². The monoisotopic (exact) mass is 639 g/mol. The first-order valence-electron chi connectivity index (χ1n) is 13.7. The van der Waals surface area contributed by atoms with E-state index in [9.17, 15) is 50.2 Å². The first kappa shape index (κ1) is 31.3. The molecule has 44 heavy (non-hydrogen) atoms. The fourth-order valence-electron chi connectivity index (χ4n) is 5.52. The van der Waals surface area contributed by atoms with Gasteiger partial charge in [0.05, 0.1) is 6.54 Å². The van der Waals surface area contributed by atoms with Crippen LogP contribution in [0.25, 0.3) is 0 Å². The topological polar surface area (TPSA) is 128 Å². The van der Waals surface area contributed by atoms with Gasteiger partial charge in [-0.2, -0.15) is 4.31 Å². The molecule has 1 aliphatic heterocycles.